The number of carbonyl (C=O) groups is 2. The summed E-state index contributed by atoms with van der Waals surface area (Å²) in [5, 5.41) is 2.87. The molecule has 3 heterocycles. The van der Waals surface area contributed by atoms with E-state index in [0.717, 1.165) is 11.3 Å². The quantitative estimate of drug-likeness (QED) is 0.709. The molecule has 10 heteroatoms. The molecule has 0 radical (unpaired) electrons. The maximum Gasteiger partial charge on any atom is 0.321 e. The fourth-order valence-electron chi connectivity index (χ4n) is 3.80. The number of nitrogens with zero attached hydrogens (tertiary/aromatic N) is 5. The number of anilines is 2. The molecule has 170 valence electrons. The smallest absolute Gasteiger partial charge is 0.321 e. The van der Waals surface area contributed by atoms with Crippen LogP contribution in [-0.4, -0.2) is 66.7 Å². The summed E-state index contributed by atoms with van der Waals surface area (Å²) in [4.78, 5) is 42.0. The van der Waals surface area contributed by atoms with Crippen LogP contribution in [0.4, 0.5) is 11.6 Å². The molecule has 2 aliphatic heterocycles. The summed E-state index contributed by atoms with van der Waals surface area (Å²) in [7, 11) is 1.49. The van der Waals surface area contributed by atoms with Crippen LogP contribution in [-0.2, 0) is 20.9 Å². The molecule has 1 atom stereocenters. The Balaban J connectivity index is 1.40. The van der Waals surface area contributed by atoms with E-state index in [0.29, 0.717) is 44.6 Å². The lowest BCUT2D eigenvalue weighted by Crippen LogP contribution is -2.38. The molecule has 32 heavy (non-hydrogen) atoms. The van der Waals surface area contributed by atoms with Crippen molar-refractivity contribution in [3.63, 3.8) is 0 Å². The molecule has 2 amide bonds. The summed E-state index contributed by atoms with van der Waals surface area (Å²) in [6.07, 6.45) is 0.179. The Morgan fingerprint density at radius 2 is 1.97 bits per heavy atom. The van der Waals surface area contributed by atoms with Gasteiger partial charge in [0.05, 0.1) is 32.8 Å². The van der Waals surface area contributed by atoms with Gasteiger partial charge in [-0.2, -0.15) is 15.0 Å². The fraction of sp³-hybridized carbons (Fsp3) is 0.500. The number of hydrogen-bond donors (Lipinski definition) is 1. The second-order valence-corrected chi connectivity index (χ2v) is 8.03. The van der Waals surface area contributed by atoms with Crippen molar-refractivity contribution in [3.05, 3.63) is 35.2 Å². The number of rotatable bonds is 6. The van der Waals surface area contributed by atoms with Crippen molar-refractivity contribution in [2.45, 2.75) is 26.8 Å². The number of aryl methyl sites for hydroxylation is 2. The minimum Gasteiger partial charge on any atom is -0.467 e. The number of benzene rings is 1. The summed E-state index contributed by atoms with van der Waals surface area (Å²) >= 11 is 0. The van der Waals surface area contributed by atoms with Gasteiger partial charge in [-0.15, -0.1) is 0 Å². The van der Waals surface area contributed by atoms with Gasteiger partial charge in [0, 0.05) is 31.7 Å². The summed E-state index contributed by atoms with van der Waals surface area (Å²) in [5.41, 5.74) is 3.10. The maximum atomic E-state index is 12.8. The molecule has 10 nitrogen and oxygen atoms in total. The number of morpholine rings is 1. The molecule has 0 aliphatic carbocycles. The van der Waals surface area contributed by atoms with Crippen LogP contribution in [0.1, 0.15) is 23.4 Å². The van der Waals surface area contributed by atoms with Gasteiger partial charge in [-0.05, 0) is 37.1 Å². The zero-order valence-electron chi connectivity index (χ0n) is 18.6. The predicted octanol–water partition coefficient (Wildman–Crippen LogP) is 1.00. The second kappa shape index (κ2) is 9.47. The third-order valence-corrected chi connectivity index (χ3v) is 5.84. The topological polar surface area (TPSA) is 110 Å². The summed E-state index contributed by atoms with van der Waals surface area (Å²) in [6, 6.07) is 6.09. The minimum atomic E-state index is -0.424. The van der Waals surface area contributed by atoms with E-state index in [1.165, 1.54) is 12.7 Å². The van der Waals surface area contributed by atoms with Crippen LogP contribution in [0.5, 0.6) is 6.01 Å². The standard InChI is InChI=1S/C22H28N6O4/c1-14-4-5-17(10-15(14)2)28-13-16(11-19(28)29)20(30)23-12-18-24-21(26-22(25-18)31-3)27-6-8-32-9-7-27/h4-5,10,16H,6-9,11-13H2,1-3H3,(H,23,30)/t16-/m1/s1. The number of hydrogen-bond acceptors (Lipinski definition) is 8. The molecule has 0 saturated carbocycles. The van der Waals surface area contributed by atoms with Crippen molar-refractivity contribution in [1.29, 1.82) is 0 Å². The van der Waals surface area contributed by atoms with Gasteiger partial charge in [-0.3, -0.25) is 9.59 Å². The minimum absolute atomic E-state index is 0.0511. The normalized spacial score (nSPS) is 18.7. The lowest BCUT2D eigenvalue weighted by molar-refractivity contribution is -0.126. The van der Waals surface area contributed by atoms with Crippen LogP contribution in [0.25, 0.3) is 0 Å². The van der Waals surface area contributed by atoms with Gasteiger partial charge in [0.25, 0.3) is 0 Å². The van der Waals surface area contributed by atoms with E-state index in [9.17, 15) is 9.59 Å². The van der Waals surface area contributed by atoms with Crippen molar-refractivity contribution in [3.8, 4) is 6.01 Å². The van der Waals surface area contributed by atoms with Gasteiger partial charge in [-0.1, -0.05) is 6.07 Å². The van der Waals surface area contributed by atoms with Gasteiger partial charge in [-0.25, -0.2) is 0 Å². The van der Waals surface area contributed by atoms with Crippen LogP contribution in [0.3, 0.4) is 0 Å². The van der Waals surface area contributed by atoms with Crippen molar-refractivity contribution in [2.75, 3.05) is 49.8 Å². The third-order valence-electron chi connectivity index (χ3n) is 5.84. The predicted molar refractivity (Wildman–Crippen MR) is 118 cm³/mol. The molecular formula is C22H28N6O4. The van der Waals surface area contributed by atoms with Gasteiger partial charge in [0.2, 0.25) is 17.8 Å². The molecule has 2 aliphatic rings. The lowest BCUT2D eigenvalue weighted by atomic mass is 10.1. The van der Waals surface area contributed by atoms with Gasteiger partial charge in [0.15, 0.2) is 5.82 Å². The Hall–Kier alpha value is -3.27. The SMILES string of the molecule is COc1nc(CNC(=O)[C@@H]2CC(=O)N(c3ccc(C)c(C)c3)C2)nc(N2CCOCC2)n1. The van der Waals surface area contributed by atoms with Crippen molar-refractivity contribution in [1.82, 2.24) is 20.3 Å². The molecule has 2 saturated heterocycles. The van der Waals surface area contributed by atoms with Crippen molar-refractivity contribution >= 4 is 23.5 Å². The van der Waals surface area contributed by atoms with E-state index in [4.69, 9.17) is 9.47 Å². The first kappa shape index (κ1) is 21.9. The Labute approximate surface area is 186 Å². The first-order chi connectivity index (χ1) is 15.4. The van der Waals surface area contributed by atoms with E-state index >= 15 is 0 Å². The highest BCUT2D eigenvalue weighted by atomic mass is 16.5. The Morgan fingerprint density at radius 1 is 1.19 bits per heavy atom. The number of carbonyl (C=O) groups excluding carboxylic acids is 2. The maximum absolute atomic E-state index is 12.8. The van der Waals surface area contributed by atoms with E-state index in [2.05, 4.69) is 20.3 Å². The molecule has 4 rings (SSSR count). The molecule has 2 aromatic rings. The highest BCUT2D eigenvalue weighted by Gasteiger charge is 2.35. The molecule has 0 spiro atoms. The summed E-state index contributed by atoms with van der Waals surface area (Å²) < 4.78 is 10.6. The highest BCUT2D eigenvalue weighted by molar-refractivity contribution is 6.00. The second-order valence-electron chi connectivity index (χ2n) is 8.03. The molecule has 0 unspecified atom stereocenters. The monoisotopic (exact) mass is 440 g/mol. The Morgan fingerprint density at radius 3 is 2.69 bits per heavy atom. The number of nitrogens with one attached hydrogen (secondary N) is 1. The van der Waals surface area contributed by atoms with E-state index < -0.39 is 5.92 Å². The van der Waals surface area contributed by atoms with E-state index in [-0.39, 0.29) is 30.8 Å². The Kier molecular flexibility index (Phi) is 6.50. The van der Waals surface area contributed by atoms with Crippen LogP contribution >= 0.6 is 0 Å². The first-order valence-corrected chi connectivity index (χ1v) is 10.7. The van der Waals surface area contributed by atoms with Crippen LogP contribution in [0.2, 0.25) is 0 Å². The van der Waals surface area contributed by atoms with E-state index in [1.807, 2.05) is 36.9 Å². The molecule has 2 fully saturated rings. The molecule has 1 aromatic heterocycles. The number of methoxy groups -OCH3 is 1. The Bertz CT molecular complexity index is 1010. The number of aromatic nitrogens is 3. The van der Waals surface area contributed by atoms with Crippen LogP contribution < -0.4 is 19.9 Å². The fourth-order valence-corrected chi connectivity index (χ4v) is 3.80. The van der Waals surface area contributed by atoms with Gasteiger partial charge in [0.1, 0.15) is 0 Å². The first-order valence-electron chi connectivity index (χ1n) is 10.7. The highest BCUT2D eigenvalue weighted by Crippen LogP contribution is 2.27. The zero-order valence-corrected chi connectivity index (χ0v) is 18.6. The molecule has 1 N–H and O–H groups in total. The number of ether oxygens (including phenoxy) is 2. The van der Waals surface area contributed by atoms with E-state index in [1.54, 1.807) is 4.90 Å². The summed E-state index contributed by atoms with van der Waals surface area (Å²) in [5.74, 6) is 0.233. The van der Waals surface area contributed by atoms with Gasteiger partial charge < -0.3 is 24.6 Å². The average molecular weight is 441 g/mol. The lowest BCUT2D eigenvalue weighted by Gasteiger charge is -2.26. The van der Waals surface area contributed by atoms with Crippen LogP contribution in [0, 0.1) is 19.8 Å². The third kappa shape index (κ3) is 4.80. The zero-order chi connectivity index (χ0) is 22.7. The van der Waals surface area contributed by atoms with Crippen molar-refractivity contribution < 1.29 is 19.1 Å². The molecule has 0 bridgehead atoms. The van der Waals surface area contributed by atoms with Crippen LogP contribution in [0.15, 0.2) is 18.2 Å². The summed E-state index contributed by atoms with van der Waals surface area (Å²) in [6.45, 7) is 7.09. The molecular weight excluding hydrogens is 412 g/mol. The van der Waals surface area contributed by atoms with Crippen molar-refractivity contribution in [2.24, 2.45) is 5.92 Å². The largest absolute Gasteiger partial charge is 0.467 e. The van der Waals surface area contributed by atoms with Gasteiger partial charge >= 0.3 is 6.01 Å². The average Bonchev–Trinajstić information content (AvgIpc) is 3.21. The number of amides is 2. The molecule has 1 aromatic carbocycles.